The van der Waals surface area contributed by atoms with E-state index in [1.54, 1.807) is 0 Å². The summed E-state index contributed by atoms with van der Waals surface area (Å²) in [5, 5.41) is -0.482. The number of thiophene rings is 1. The third-order valence-corrected chi connectivity index (χ3v) is 3.62. The molecule has 0 aliphatic heterocycles. The van der Waals surface area contributed by atoms with Gasteiger partial charge in [0.15, 0.2) is 0 Å². The zero-order valence-corrected chi connectivity index (χ0v) is 10.1. The van der Waals surface area contributed by atoms with Gasteiger partial charge >= 0.3 is 0 Å². The molecule has 2 rings (SSSR count). The summed E-state index contributed by atoms with van der Waals surface area (Å²) >= 11 is 6.82. The summed E-state index contributed by atoms with van der Waals surface area (Å²) in [6, 6.07) is 11.6. The highest BCUT2D eigenvalue weighted by Crippen LogP contribution is 2.36. The summed E-state index contributed by atoms with van der Waals surface area (Å²) in [5.41, 5.74) is 1.05. The predicted molar refractivity (Wildman–Crippen MR) is 66.5 cm³/mol. The number of methoxy groups -OCH3 is 1. The minimum absolute atomic E-state index is 0.447. The zero-order chi connectivity index (χ0) is 11.5. The van der Waals surface area contributed by atoms with Crippen molar-refractivity contribution in [2.24, 2.45) is 0 Å². The Hall–Kier alpha value is -1.32. The van der Waals surface area contributed by atoms with Crippen molar-refractivity contribution in [2.45, 2.75) is 0 Å². The second-order valence-electron chi connectivity index (χ2n) is 3.15. The fourth-order valence-corrected chi connectivity index (χ4v) is 2.58. The molecule has 0 radical (unpaired) electrons. The minimum atomic E-state index is -0.482. The monoisotopic (exact) mass is 252 g/mol. The Bertz CT molecular complexity index is 505. The van der Waals surface area contributed by atoms with Crippen LogP contribution in [0.2, 0.25) is 0 Å². The van der Waals surface area contributed by atoms with Crippen LogP contribution in [0.25, 0.3) is 10.4 Å². The number of halogens is 1. The number of benzene rings is 1. The lowest BCUT2D eigenvalue weighted by atomic mass is 10.2. The van der Waals surface area contributed by atoms with Gasteiger partial charge in [0.05, 0.1) is 7.11 Å². The van der Waals surface area contributed by atoms with Gasteiger partial charge in [-0.2, -0.15) is 0 Å². The first kappa shape index (κ1) is 11.2. The number of hydrogen-bond acceptors (Lipinski definition) is 3. The number of carbonyl (C=O) groups excluding carboxylic acids is 1. The second-order valence-corrected chi connectivity index (χ2v) is 4.54. The molecule has 0 aliphatic carbocycles. The first-order valence-corrected chi connectivity index (χ1v) is 5.85. The summed E-state index contributed by atoms with van der Waals surface area (Å²) in [4.78, 5) is 12.6. The second kappa shape index (κ2) is 4.68. The van der Waals surface area contributed by atoms with Crippen molar-refractivity contribution in [2.75, 3.05) is 7.11 Å². The van der Waals surface area contributed by atoms with Crippen molar-refractivity contribution < 1.29 is 9.53 Å². The number of hydrogen-bond donors (Lipinski definition) is 0. The lowest BCUT2D eigenvalue weighted by molar-refractivity contribution is 0.108. The molecule has 1 aromatic heterocycles. The maximum absolute atomic E-state index is 11.2. The molecule has 0 aliphatic rings. The Morgan fingerprint density at radius 1 is 1.31 bits per heavy atom. The molecule has 0 saturated carbocycles. The molecular weight excluding hydrogens is 244 g/mol. The molecule has 0 unspecified atom stereocenters. The Morgan fingerprint density at radius 3 is 2.50 bits per heavy atom. The summed E-state index contributed by atoms with van der Waals surface area (Å²) in [5.74, 6) is 0.531. The van der Waals surface area contributed by atoms with Gasteiger partial charge in [0.2, 0.25) is 0 Å². The van der Waals surface area contributed by atoms with Gasteiger partial charge in [-0.15, -0.1) is 11.3 Å². The van der Waals surface area contributed by atoms with E-state index in [2.05, 4.69) is 0 Å². The lowest BCUT2D eigenvalue weighted by Crippen LogP contribution is -1.88. The van der Waals surface area contributed by atoms with Crippen LogP contribution in [0.3, 0.4) is 0 Å². The molecule has 1 heterocycles. The number of carbonyl (C=O) groups is 1. The smallest absolute Gasteiger partial charge is 0.266 e. The quantitative estimate of drug-likeness (QED) is 0.777. The molecule has 1 aromatic carbocycles. The van der Waals surface area contributed by atoms with Crippen LogP contribution >= 0.6 is 22.9 Å². The van der Waals surface area contributed by atoms with Crippen LogP contribution in [0.1, 0.15) is 9.67 Å². The minimum Gasteiger partial charge on any atom is -0.495 e. The van der Waals surface area contributed by atoms with E-state index in [0.717, 1.165) is 10.4 Å². The van der Waals surface area contributed by atoms with Gasteiger partial charge in [-0.1, -0.05) is 30.3 Å². The Balaban J connectivity index is 2.48. The summed E-state index contributed by atoms with van der Waals surface area (Å²) < 4.78 is 5.11. The van der Waals surface area contributed by atoms with Crippen LogP contribution in [-0.2, 0) is 0 Å². The zero-order valence-electron chi connectivity index (χ0n) is 8.57. The lowest BCUT2D eigenvalue weighted by Gasteiger charge is -1.94. The van der Waals surface area contributed by atoms with E-state index in [4.69, 9.17) is 16.3 Å². The summed E-state index contributed by atoms with van der Waals surface area (Å²) in [7, 11) is 1.53. The molecule has 0 bridgehead atoms. The van der Waals surface area contributed by atoms with E-state index in [1.807, 2.05) is 36.4 Å². The van der Waals surface area contributed by atoms with Gasteiger partial charge in [0, 0.05) is 4.88 Å². The molecule has 4 heteroatoms. The normalized spacial score (nSPS) is 10.1. The van der Waals surface area contributed by atoms with Gasteiger partial charge in [-0.25, -0.2) is 0 Å². The third kappa shape index (κ3) is 2.10. The largest absolute Gasteiger partial charge is 0.495 e. The van der Waals surface area contributed by atoms with Crippen molar-refractivity contribution in [1.29, 1.82) is 0 Å². The summed E-state index contributed by atoms with van der Waals surface area (Å²) in [6.07, 6.45) is 0. The van der Waals surface area contributed by atoms with Gasteiger partial charge in [0.1, 0.15) is 10.6 Å². The first-order chi connectivity index (χ1) is 7.72. The topological polar surface area (TPSA) is 26.3 Å². The number of ether oxygens (including phenoxy) is 1. The standard InChI is InChI=1S/C12H9ClO2S/c1-15-9-7-10(16-11(9)12(13)14)8-5-3-2-4-6-8/h2-7H,1H3. The maximum atomic E-state index is 11.2. The fraction of sp³-hybridized carbons (Fsp3) is 0.0833. The van der Waals surface area contributed by atoms with Crippen molar-refractivity contribution in [3.8, 4) is 16.2 Å². The van der Waals surface area contributed by atoms with E-state index >= 15 is 0 Å². The van der Waals surface area contributed by atoms with Crippen molar-refractivity contribution >= 4 is 28.2 Å². The van der Waals surface area contributed by atoms with Crippen LogP contribution in [-0.4, -0.2) is 12.4 Å². The highest BCUT2D eigenvalue weighted by atomic mass is 35.5. The van der Waals surface area contributed by atoms with Gasteiger partial charge in [0.25, 0.3) is 5.24 Å². The molecule has 0 saturated heterocycles. The average Bonchev–Trinajstić information content (AvgIpc) is 2.74. The maximum Gasteiger partial charge on any atom is 0.266 e. The molecule has 0 spiro atoms. The van der Waals surface area contributed by atoms with E-state index in [-0.39, 0.29) is 0 Å². The molecule has 0 atom stereocenters. The molecule has 0 amide bonds. The van der Waals surface area contributed by atoms with Gasteiger partial charge in [-0.3, -0.25) is 4.79 Å². The van der Waals surface area contributed by atoms with E-state index in [9.17, 15) is 4.79 Å². The molecule has 0 N–H and O–H groups in total. The summed E-state index contributed by atoms with van der Waals surface area (Å²) in [6.45, 7) is 0. The number of rotatable bonds is 3. The van der Waals surface area contributed by atoms with Gasteiger partial charge in [-0.05, 0) is 23.2 Å². The highest BCUT2D eigenvalue weighted by molar-refractivity contribution is 7.19. The predicted octanol–water partition coefficient (Wildman–Crippen LogP) is 3.80. The van der Waals surface area contributed by atoms with E-state index < -0.39 is 5.24 Å². The third-order valence-electron chi connectivity index (χ3n) is 2.15. The Labute approximate surface area is 102 Å². The SMILES string of the molecule is COc1cc(-c2ccccc2)sc1C(=O)Cl. The Kier molecular flexibility index (Phi) is 3.27. The molecule has 2 aromatic rings. The molecular formula is C12H9ClO2S. The van der Waals surface area contributed by atoms with E-state index in [1.165, 1.54) is 18.4 Å². The van der Waals surface area contributed by atoms with Crippen molar-refractivity contribution in [3.63, 3.8) is 0 Å². The van der Waals surface area contributed by atoms with Crippen LogP contribution in [0.4, 0.5) is 0 Å². The average molecular weight is 253 g/mol. The molecule has 2 nitrogen and oxygen atoms in total. The van der Waals surface area contributed by atoms with Crippen LogP contribution in [0.5, 0.6) is 5.75 Å². The highest BCUT2D eigenvalue weighted by Gasteiger charge is 2.15. The molecule has 16 heavy (non-hydrogen) atoms. The van der Waals surface area contributed by atoms with E-state index in [0.29, 0.717) is 10.6 Å². The van der Waals surface area contributed by atoms with Crippen molar-refractivity contribution in [3.05, 3.63) is 41.3 Å². The first-order valence-electron chi connectivity index (χ1n) is 4.65. The van der Waals surface area contributed by atoms with Crippen LogP contribution < -0.4 is 4.74 Å². The molecule has 82 valence electrons. The van der Waals surface area contributed by atoms with Crippen molar-refractivity contribution in [1.82, 2.24) is 0 Å². The van der Waals surface area contributed by atoms with Crippen LogP contribution in [0.15, 0.2) is 36.4 Å². The van der Waals surface area contributed by atoms with Crippen LogP contribution in [0, 0.1) is 0 Å². The van der Waals surface area contributed by atoms with Gasteiger partial charge < -0.3 is 4.74 Å². The Morgan fingerprint density at radius 2 is 2.00 bits per heavy atom. The molecule has 0 fully saturated rings. The fourth-order valence-electron chi connectivity index (χ4n) is 1.41.